The Bertz CT molecular complexity index is 410. The number of piperazine rings is 1. The van der Waals surface area contributed by atoms with Gasteiger partial charge in [-0.25, -0.2) is 0 Å². The van der Waals surface area contributed by atoms with Crippen molar-refractivity contribution in [2.45, 2.75) is 19.0 Å². The van der Waals surface area contributed by atoms with E-state index in [0.717, 1.165) is 25.4 Å². The highest BCUT2D eigenvalue weighted by molar-refractivity contribution is 5.36. The first-order valence-corrected chi connectivity index (χ1v) is 6.94. The number of nitrogens with two attached hydrogens (primary N) is 1. The smallest absolute Gasteiger partial charge is 0.123 e. The Labute approximate surface area is 116 Å². The maximum Gasteiger partial charge on any atom is 0.123 e. The Hall–Kier alpha value is -1.10. The van der Waals surface area contributed by atoms with Crippen molar-refractivity contribution >= 4 is 0 Å². The van der Waals surface area contributed by atoms with Crippen LogP contribution in [0, 0.1) is 0 Å². The Morgan fingerprint density at radius 1 is 1.37 bits per heavy atom. The number of hydrogen-bond donors (Lipinski definition) is 1. The lowest BCUT2D eigenvalue weighted by Crippen LogP contribution is -2.52. The molecule has 19 heavy (non-hydrogen) atoms. The average molecular weight is 263 g/mol. The number of nitrogens with zero attached hydrogens (tertiary/aromatic N) is 2. The Morgan fingerprint density at radius 2 is 2.11 bits per heavy atom. The third kappa shape index (κ3) is 3.08. The van der Waals surface area contributed by atoms with Gasteiger partial charge in [-0.15, -0.1) is 0 Å². The van der Waals surface area contributed by atoms with Crippen LogP contribution in [0.5, 0.6) is 5.75 Å². The fourth-order valence-corrected chi connectivity index (χ4v) is 3.00. The number of methoxy groups -OCH3 is 1. The van der Waals surface area contributed by atoms with Crippen LogP contribution in [0.2, 0.25) is 0 Å². The molecule has 1 aromatic rings. The molecule has 106 valence electrons. The predicted molar refractivity (Wildman–Crippen MR) is 78.5 cm³/mol. The SMILES string of the molecule is COc1ccccc1C(CN)N1CCN(C)CC1C. The molecule has 0 bridgehead atoms. The highest BCUT2D eigenvalue weighted by Gasteiger charge is 2.29. The summed E-state index contributed by atoms with van der Waals surface area (Å²) in [5.41, 5.74) is 7.24. The van der Waals surface area contributed by atoms with Crippen molar-refractivity contribution in [1.29, 1.82) is 0 Å². The molecule has 1 heterocycles. The van der Waals surface area contributed by atoms with E-state index in [1.807, 2.05) is 12.1 Å². The van der Waals surface area contributed by atoms with Crippen LogP contribution in [0.25, 0.3) is 0 Å². The summed E-state index contributed by atoms with van der Waals surface area (Å²) in [4.78, 5) is 4.87. The molecule has 1 aliphatic rings. The number of likely N-dealkylation sites (N-methyl/N-ethyl adjacent to an activating group) is 1. The minimum atomic E-state index is 0.236. The first-order valence-electron chi connectivity index (χ1n) is 6.94. The summed E-state index contributed by atoms with van der Waals surface area (Å²) in [5, 5.41) is 0. The molecule has 2 unspecified atom stereocenters. The molecule has 2 atom stereocenters. The van der Waals surface area contributed by atoms with Crippen molar-refractivity contribution in [3.05, 3.63) is 29.8 Å². The van der Waals surface area contributed by atoms with Gasteiger partial charge in [0.1, 0.15) is 5.75 Å². The summed E-state index contributed by atoms with van der Waals surface area (Å²) in [7, 11) is 3.90. The third-order valence-corrected chi connectivity index (χ3v) is 4.00. The van der Waals surface area contributed by atoms with Gasteiger partial charge in [-0.1, -0.05) is 18.2 Å². The van der Waals surface area contributed by atoms with Crippen molar-refractivity contribution in [2.75, 3.05) is 40.3 Å². The predicted octanol–water partition coefficient (Wildman–Crippen LogP) is 1.33. The van der Waals surface area contributed by atoms with E-state index in [-0.39, 0.29) is 6.04 Å². The van der Waals surface area contributed by atoms with Crippen molar-refractivity contribution in [3.63, 3.8) is 0 Å². The van der Waals surface area contributed by atoms with E-state index in [4.69, 9.17) is 10.5 Å². The van der Waals surface area contributed by atoms with Crippen LogP contribution >= 0.6 is 0 Å². The molecule has 1 aliphatic heterocycles. The number of hydrogen-bond acceptors (Lipinski definition) is 4. The maximum atomic E-state index is 6.05. The second kappa shape index (κ2) is 6.37. The van der Waals surface area contributed by atoms with Crippen molar-refractivity contribution in [2.24, 2.45) is 5.73 Å². The highest BCUT2D eigenvalue weighted by atomic mass is 16.5. The van der Waals surface area contributed by atoms with E-state index in [2.05, 4.69) is 35.9 Å². The van der Waals surface area contributed by atoms with Crippen LogP contribution in [-0.4, -0.2) is 56.2 Å². The zero-order valence-corrected chi connectivity index (χ0v) is 12.2. The van der Waals surface area contributed by atoms with Crippen LogP contribution in [0.15, 0.2) is 24.3 Å². The fourth-order valence-electron chi connectivity index (χ4n) is 3.00. The van der Waals surface area contributed by atoms with Crippen molar-refractivity contribution < 1.29 is 4.74 Å². The van der Waals surface area contributed by atoms with Gasteiger partial charge in [-0.3, -0.25) is 4.90 Å². The van der Waals surface area contributed by atoms with Gasteiger partial charge in [0.25, 0.3) is 0 Å². The van der Waals surface area contributed by atoms with Crippen molar-refractivity contribution in [1.82, 2.24) is 9.80 Å². The average Bonchev–Trinajstić information content (AvgIpc) is 2.42. The Balaban J connectivity index is 2.24. The van der Waals surface area contributed by atoms with Crippen LogP contribution in [0.4, 0.5) is 0 Å². The zero-order chi connectivity index (χ0) is 13.8. The maximum absolute atomic E-state index is 6.05. The largest absolute Gasteiger partial charge is 0.496 e. The molecule has 0 aromatic heterocycles. The summed E-state index contributed by atoms with van der Waals surface area (Å²) in [5.74, 6) is 0.934. The molecule has 0 radical (unpaired) electrons. The summed E-state index contributed by atoms with van der Waals surface area (Å²) >= 11 is 0. The van der Waals surface area contributed by atoms with E-state index in [9.17, 15) is 0 Å². The summed E-state index contributed by atoms with van der Waals surface area (Å²) in [6, 6.07) is 8.95. The second-order valence-corrected chi connectivity index (χ2v) is 5.34. The lowest BCUT2D eigenvalue weighted by molar-refractivity contribution is 0.0626. The normalized spacial score (nSPS) is 23.3. The van der Waals surface area contributed by atoms with Crippen LogP contribution in [0.3, 0.4) is 0 Å². The fraction of sp³-hybridized carbons (Fsp3) is 0.600. The molecule has 0 aliphatic carbocycles. The lowest BCUT2D eigenvalue weighted by Gasteiger charge is -2.43. The first-order chi connectivity index (χ1) is 9.17. The van der Waals surface area contributed by atoms with Gasteiger partial charge in [0.05, 0.1) is 13.2 Å². The van der Waals surface area contributed by atoms with Crippen LogP contribution in [0.1, 0.15) is 18.5 Å². The molecule has 1 saturated heterocycles. The first kappa shape index (κ1) is 14.3. The molecule has 1 fully saturated rings. The number of benzene rings is 1. The van der Waals surface area contributed by atoms with E-state index in [1.54, 1.807) is 7.11 Å². The summed E-state index contributed by atoms with van der Waals surface area (Å²) in [6.45, 7) is 6.13. The molecule has 4 nitrogen and oxygen atoms in total. The van der Waals surface area contributed by atoms with Crippen molar-refractivity contribution in [3.8, 4) is 5.75 Å². The molecule has 1 aromatic carbocycles. The monoisotopic (exact) mass is 263 g/mol. The van der Waals surface area contributed by atoms with Gasteiger partial charge >= 0.3 is 0 Å². The Kier molecular flexibility index (Phi) is 4.80. The van der Waals surface area contributed by atoms with Crippen LogP contribution in [-0.2, 0) is 0 Å². The lowest BCUT2D eigenvalue weighted by atomic mass is 10.0. The summed E-state index contributed by atoms with van der Waals surface area (Å²) in [6.07, 6.45) is 0. The Morgan fingerprint density at radius 3 is 2.74 bits per heavy atom. The van der Waals surface area contributed by atoms with Gasteiger partial charge < -0.3 is 15.4 Å². The van der Waals surface area contributed by atoms with E-state index >= 15 is 0 Å². The minimum absolute atomic E-state index is 0.236. The van der Waals surface area contributed by atoms with Gasteiger partial charge in [-0.2, -0.15) is 0 Å². The van der Waals surface area contributed by atoms with Gasteiger partial charge in [0, 0.05) is 37.8 Å². The third-order valence-electron chi connectivity index (χ3n) is 4.00. The molecule has 2 N–H and O–H groups in total. The molecule has 2 rings (SSSR count). The molecule has 0 amide bonds. The number of para-hydroxylation sites is 1. The quantitative estimate of drug-likeness (QED) is 0.890. The van der Waals surface area contributed by atoms with Gasteiger partial charge in [-0.05, 0) is 20.0 Å². The van der Waals surface area contributed by atoms with E-state index in [1.165, 1.54) is 5.56 Å². The molecular formula is C15H25N3O. The second-order valence-electron chi connectivity index (χ2n) is 5.34. The number of rotatable bonds is 4. The molecular weight excluding hydrogens is 238 g/mol. The van der Waals surface area contributed by atoms with Gasteiger partial charge in [0.15, 0.2) is 0 Å². The standard InChI is InChI=1S/C15H25N3O/c1-12-11-17(2)8-9-18(12)14(10-16)13-6-4-5-7-15(13)19-3/h4-7,12,14H,8-11,16H2,1-3H3. The molecule has 4 heteroatoms. The minimum Gasteiger partial charge on any atom is -0.496 e. The van der Waals surface area contributed by atoms with E-state index < -0.39 is 0 Å². The topological polar surface area (TPSA) is 41.7 Å². The van der Waals surface area contributed by atoms with Crippen LogP contribution < -0.4 is 10.5 Å². The zero-order valence-electron chi connectivity index (χ0n) is 12.2. The summed E-state index contributed by atoms with van der Waals surface area (Å²) < 4.78 is 5.48. The molecule has 0 spiro atoms. The van der Waals surface area contributed by atoms with Gasteiger partial charge in [0.2, 0.25) is 0 Å². The number of ether oxygens (including phenoxy) is 1. The van der Waals surface area contributed by atoms with E-state index in [0.29, 0.717) is 12.6 Å². The highest BCUT2D eigenvalue weighted by Crippen LogP contribution is 2.30. The molecule has 0 saturated carbocycles.